The highest BCUT2D eigenvalue weighted by Crippen LogP contribution is 2.28. The van der Waals surface area contributed by atoms with Crippen molar-refractivity contribution in [1.29, 1.82) is 0 Å². The number of fused-ring (bicyclic) bond motifs is 1. The van der Waals surface area contributed by atoms with Crippen LogP contribution in [0.4, 0.5) is 4.79 Å². The summed E-state index contributed by atoms with van der Waals surface area (Å²) in [7, 11) is 1.65. The highest BCUT2D eigenvalue weighted by atomic mass is 16.5. The Morgan fingerprint density at radius 3 is 2.78 bits per heavy atom. The van der Waals surface area contributed by atoms with E-state index in [-0.39, 0.29) is 12.1 Å². The molecule has 0 bridgehead atoms. The lowest BCUT2D eigenvalue weighted by atomic mass is 10.0. The molecule has 1 aromatic carbocycles. The molecule has 0 saturated carbocycles. The van der Waals surface area contributed by atoms with Crippen LogP contribution in [0.1, 0.15) is 18.9 Å². The quantitative estimate of drug-likeness (QED) is 0.703. The maximum atomic E-state index is 12.2. The standard InChI is InChI=1S/C20H32N4O3/c1-3-23-9-11-24(12-10-23)8-4-7-21-20(25)22-17-13-16-14-18(26-2)5-6-19(16)27-15-17/h5-6,14,17H,3-4,7-13,15H2,1-2H3,(H2,21,22,25). The molecule has 2 heterocycles. The van der Waals surface area contributed by atoms with E-state index in [2.05, 4.69) is 27.4 Å². The van der Waals surface area contributed by atoms with Crippen molar-refractivity contribution in [3.63, 3.8) is 0 Å². The Bertz CT molecular complexity index is 617. The fraction of sp³-hybridized carbons (Fsp3) is 0.650. The minimum absolute atomic E-state index is 0.0215. The van der Waals surface area contributed by atoms with Crippen LogP contribution >= 0.6 is 0 Å². The minimum atomic E-state index is -0.120. The van der Waals surface area contributed by atoms with Crippen molar-refractivity contribution in [2.24, 2.45) is 0 Å². The van der Waals surface area contributed by atoms with Crippen LogP contribution in [0.3, 0.4) is 0 Å². The summed E-state index contributed by atoms with van der Waals surface area (Å²) in [4.78, 5) is 17.1. The zero-order valence-corrected chi connectivity index (χ0v) is 16.5. The number of rotatable bonds is 7. The van der Waals surface area contributed by atoms with E-state index in [1.54, 1.807) is 7.11 Å². The van der Waals surface area contributed by atoms with Gasteiger partial charge in [-0.15, -0.1) is 0 Å². The third-order valence-electron chi connectivity index (χ3n) is 5.36. The second-order valence-electron chi connectivity index (χ2n) is 7.22. The number of likely N-dealkylation sites (N-methyl/N-ethyl adjacent to an activating group) is 1. The highest BCUT2D eigenvalue weighted by molar-refractivity contribution is 5.74. The van der Waals surface area contributed by atoms with Crippen LogP contribution in [0.25, 0.3) is 0 Å². The highest BCUT2D eigenvalue weighted by Gasteiger charge is 2.22. The minimum Gasteiger partial charge on any atom is -0.497 e. The van der Waals surface area contributed by atoms with Crippen LogP contribution in [-0.2, 0) is 6.42 Å². The molecule has 0 radical (unpaired) electrons. The molecule has 7 heteroatoms. The number of ether oxygens (including phenoxy) is 2. The predicted octanol–water partition coefficient (Wildman–Crippen LogP) is 1.33. The predicted molar refractivity (Wildman–Crippen MR) is 106 cm³/mol. The van der Waals surface area contributed by atoms with Gasteiger partial charge in [-0.2, -0.15) is 0 Å². The molecule has 3 rings (SSSR count). The lowest BCUT2D eigenvalue weighted by molar-refractivity contribution is 0.136. The van der Waals surface area contributed by atoms with Crippen molar-refractivity contribution in [1.82, 2.24) is 20.4 Å². The zero-order valence-electron chi connectivity index (χ0n) is 16.5. The molecular formula is C20H32N4O3. The normalized spacial score (nSPS) is 20.4. The Kier molecular flexibility index (Phi) is 7.18. The number of amides is 2. The first-order chi connectivity index (χ1) is 13.2. The smallest absolute Gasteiger partial charge is 0.315 e. The number of carbonyl (C=O) groups excluding carboxylic acids is 1. The van der Waals surface area contributed by atoms with Gasteiger partial charge in [0.25, 0.3) is 0 Å². The second-order valence-corrected chi connectivity index (χ2v) is 7.22. The fourth-order valence-electron chi connectivity index (χ4n) is 3.66. The number of methoxy groups -OCH3 is 1. The zero-order chi connectivity index (χ0) is 19.1. The van der Waals surface area contributed by atoms with Gasteiger partial charge in [0.2, 0.25) is 0 Å². The van der Waals surface area contributed by atoms with E-state index in [9.17, 15) is 4.79 Å². The number of hydrogen-bond acceptors (Lipinski definition) is 5. The average molecular weight is 377 g/mol. The van der Waals surface area contributed by atoms with Crippen LogP contribution in [0, 0.1) is 0 Å². The molecule has 27 heavy (non-hydrogen) atoms. The number of urea groups is 1. The van der Waals surface area contributed by atoms with Crippen LogP contribution in [0.15, 0.2) is 18.2 Å². The number of piperazine rings is 1. The SMILES string of the molecule is CCN1CCN(CCCNC(=O)NC2COc3ccc(OC)cc3C2)CC1. The first-order valence-corrected chi connectivity index (χ1v) is 9.96. The maximum absolute atomic E-state index is 12.2. The first kappa shape index (κ1) is 19.8. The summed E-state index contributed by atoms with van der Waals surface area (Å²) in [6.45, 7) is 10.1. The van der Waals surface area contributed by atoms with Gasteiger partial charge >= 0.3 is 6.03 Å². The lowest BCUT2D eigenvalue weighted by Gasteiger charge is -2.34. The maximum Gasteiger partial charge on any atom is 0.315 e. The Labute approximate surface area is 162 Å². The van der Waals surface area contributed by atoms with Gasteiger partial charge in [0.05, 0.1) is 13.2 Å². The van der Waals surface area contributed by atoms with E-state index in [0.717, 1.165) is 69.2 Å². The summed E-state index contributed by atoms with van der Waals surface area (Å²) in [5, 5.41) is 5.98. The number of nitrogens with one attached hydrogen (secondary N) is 2. The molecule has 2 amide bonds. The number of benzene rings is 1. The second kappa shape index (κ2) is 9.80. The molecule has 2 aliphatic heterocycles. The van der Waals surface area contributed by atoms with Gasteiger partial charge in [-0.1, -0.05) is 6.92 Å². The fourth-order valence-corrected chi connectivity index (χ4v) is 3.66. The van der Waals surface area contributed by atoms with E-state index in [1.807, 2.05) is 18.2 Å². The van der Waals surface area contributed by atoms with E-state index >= 15 is 0 Å². The summed E-state index contributed by atoms with van der Waals surface area (Å²) in [5.74, 6) is 1.68. The molecule has 0 aliphatic carbocycles. The summed E-state index contributed by atoms with van der Waals surface area (Å²) in [5.41, 5.74) is 1.07. The molecule has 1 atom stereocenters. The van der Waals surface area contributed by atoms with Crippen LogP contribution < -0.4 is 20.1 Å². The lowest BCUT2D eigenvalue weighted by Crippen LogP contribution is -2.48. The van der Waals surface area contributed by atoms with E-state index in [4.69, 9.17) is 9.47 Å². The first-order valence-electron chi connectivity index (χ1n) is 9.96. The van der Waals surface area contributed by atoms with Crippen molar-refractivity contribution in [3.05, 3.63) is 23.8 Å². The molecule has 0 aromatic heterocycles. The van der Waals surface area contributed by atoms with Gasteiger partial charge in [-0.3, -0.25) is 0 Å². The number of nitrogens with zero attached hydrogens (tertiary/aromatic N) is 2. The Morgan fingerprint density at radius 2 is 2.04 bits per heavy atom. The molecule has 0 spiro atoms. The molecule has 1 unspecified atom stereocenters. The molecule has 1 fully saturated rings. The van der Waals surface area contributed by atoms with Gasteiger partial charge in [0.1, 0.15) is 18.1 Å². The van der Waals surface area contributed by atoms with E-state index in [0.29, 0.717) is 13.2 Å². The van der Waals surface area contributed by atoms with Crippen LogP contribution in [0.5, 0.6) is 11.5 Å². The van der Waals surface area contributed by atoms with Crippen molar-refractivity contribution < 1.29 is 14.3 Å². The topological polar surface area (TPSA) is 66.1 Å². The molecule has 7 nitrogen and oxygen atoms in total. The van der Waals surface area contributed by atoms with Crippen LogP contribution in [0.2, 0.25) is 0 Å². The third-order valence-corrected chi connectivity index (χ3v) is 5.36. The van der Waals surface area contributed by atoms with E-state index in [1.165, 1.54) is 0 Å². The van der Waals surface area contributed by atoms with Crippen LogP contribution in [-0.4, -0.2) is 81.4 Å². The Hall–Kier alpha value is -1.99. The summed E-state index contributed by atoms with van der Waals surface area (Å²) in [6, 6.07) is 5.64. The average Bonchev–Trinajstić information content (AvgIpc) is 2.71. The molecule has 2 aliphatic rings. The molecule has 1 saturated heterocycles. The van der Waals surface area contributed by atoms with Gasteiger partial charge < -0.3 is 29.9 Å². The monoisotopic (exact) mass is 376 g/mol. The Morgan fingerprint density at radius 1 is 1.26 bits per heavy atom. The number of hydrogen-bond donors (Lipinski definition) is 2. The molecule has 150 valence electrons. The summed E-state index contributed by atoms with van der Waals surface area (Å²) >= 11 is 0. The van der Waals surface area contributed by atoms with Crippen molar-refractivity contribution in [2.45, 2.75) is 25.8 Å². The van der Waals surface area contributed by atoms with Gasteiger partial charge in [-0.25, -0.2) is 4.79 Å². The Balaban J connectivity index is 1.33. The van der Waals surface area contributed by atoms with Gasteiger partial charge in [0, 0.05) is 32.7 Å². The van der Waals surface area contributed by atoms with E-state index < -0.39 is 0 Å². The largest absolute Gasteiger partial charge is 0.497 e. The van der Waals surface area contributed by atoms with Crippen molar-refractivity contribution in [2.75, 3.05) is 59.5 Å². The summed E-state index contributed by atoms with van der Waals surface area (Å²) in [6.07, 6.45) is 1.72. The van der Waals surface area contributed by atoms with Gasteiger partial charge in [0.15, 0.2) is 0 Å². The van der Waals surface area contributed by atoms with Crippen molar-refractivity contribution >= 4 is 6.03 Å². The molecular weight excluding hydrogens is 344 g/mol. The summed E-state index contributed by atoms with van der Waals surface area (Å²) < 4.78 is 11.0. The van der Waals surface area contributed by atoms with Crippen molar-refractivity contribution in [3.8, 4) is 11.5 Å². The third kappa shape index (κ3) is 5.74. The molecule has 1 aromatic rings. The molecule has 2 N–H and O–H groups in total. The van der Waals surface area contributed by atoms with Gasteiger partial charge in [-0.05, 0) is 49.7 Å². The number of carbonyl (C=O) groups is 1.